The minimum absolute atomic E-state index is 0.0601. The van der Waals surface area contributed by atoms with E-state index in [1.54, 1.807) is 0 Å². The molecule has 0 radical (unpaired) electrons. The van der Waals surface area contributed by atoms with Crippen molar-refractivity contribution in [1.29, 1.82) is 15.8 Å². The molecule has 1 aromatic rings. The van der Waals surface area contributed by atoms with E-state index in [9.17, 15) is 24.6 Å². The largest absolute Gasteiger partial charge is 0.399 e. The summed E-state index contributed by atoms with van der Waals surface area (Å²) in [7, 11) is 0. The van der Waals surface area contributed by atoms with Crippen molar-refractivity contribution < 1.29 is 8.78 Å². The maximum Gasteiger partial charge on any atom is 0.191 e. The Morgan fingerprint density at radius 1 is 1.14 bits per heavy atom. The summed E-state index contributed by atoms with van der Waals surface area (Å²) in [5, 5.41) is 29.7. The lowest BCUT2D eigenvalue weighted by atomic mass is 9.54. The first-order valence-electron chi connectivity index (χ1n) is 9.49. The van der Waals surface area contributed by atoms with Gasteiger partial charge in [0.05, 0.1) is 23.4 Å². The zero-order valence-corrected chi connectivity index (χ0v) is 16.6. The number of halogens is 2. The summed E-state index contributed by atoms with van der Waals surface area (Å²) in [6.07, 6.45) is 3.22. The van der Waals surface area contributed by atoms with Crippen LogP contribution in [0, 0.1) is 68.3 Å². The Bertz CT molecular complexity index is 1030. The van der Waals surface area contributed by atoms with Gasteiger partial charge in [0.25, 0.3) is 0 Å². The number of hydrogen-bond acceptors (Lipinski definition) is 4. The first-order chi connectivity index (χ1) is 13.6. The van der Waals surface area contributed by atoms with Crippen LogP contribution in [-0.2, 0) is 0 Å². The zero-order valence-electron chi connectivity index (χ0n) is 16.6. The molecule has 0 saturated carbocycles. The summed E-state index contributed by atoms with van der Waals surface area (Å²) >= 11 is 0. The topological polar surface area (TPSA) is 97.4 Å². The van der Waals surface area contributed by atoms with Gasteiger partial charge in [0, 0.05) is 12.0 Å². The van der Waals surface area contributed by atoms with Gasteiger partial charge in [-0.15, -0.1) is 0 Å². The second kappa shape index (κ2) is 7.02. The van der Waals surface area contributed by atoms with E-state index >= 15 is 0 Å². The van der Waals surface area contributed by atoms with E-state index in [0.29, 0.717) is 12.0 Å². The van der Waals surface area contributed by atoms with Gasteiger partial charge in [-0.05, 0) is 47.3 Å². The van der Waals surface area contributed by atoms with Crippen LogP contribution in [-0.4, -0.2) is 0 Å². The zero-order chi connectivity index (χ0) is 21.6. The number of fused-ring (bicyclic) bond motifs is 1. The van der Waals surface area contributed by atoms with E-state index < -0.39 is 28.9 Å². The average Bonchev–Trinajstić information content (AvgIpc) is 2.67. The van der Waals surface area contributed by atoms with Crippen molar-refractivity contribution in [1.82, 2.24) is 0 Å². The third-order valence-electron chi connectivity index (χ3n) is 6.40. The molecule has 2 N–H and O–H groups in total. The molecule has 0 aliphatic heterocycles. The van der Waals surface area contributed by atoms with Crippen molar-refractivity contribution in [2.45, 2.75) is 39.5 Å². The van der Waals surface area contributed by atoms with Gasteiger partial charge in [0.1, 0.15) is 17.7 Å². The molecule has 0 amide bonds. The van der Waals surface area contributed by atoms with E-state index in [2.05, 4.69) is 26.8 Å². The third-order valence-corrected chi connectivity index (χ3v) is 6.40. The van der Waals surface area contributed by atoms with E-state index in [0.717, 1.165) is 18.6 Å². The van der Waals surface area contributed by atoms with Gasteiger partial charge >= 0.3 is 0 Å². The predicted molar refractivity (Wildman–Crippen MR) is 103 cm³/mol. The van der Waals surface area contributed by atoms with E-state index in [1.807, 2.05) is 18.2 Å². The molecule has 0 heterocycles. The number of allylic oxidation sites excluding steroid dienone is 4. The molecule has 29 heavy (non-hydrogen) atoms. The van der Waals surface area contributed by atoms with Gasteiger partial charge in [0.15, 0.2) is 5.41 Å². The normalized spacial score (nSPS) is 25.9. The van der Waals surface area contributed by atoms with E-state index in [1.165, 1.54) is 6.07 Å². The smallest absolute Gasteiger partial charge is 0.191 e. The standard InChI is InChI=1S/C23H22F2N4/c1-22(2,3)13-4-6-15-17(8-13)20(16-7-5-14(24)9-19(16)25)23(11-27,12-28)21(29)18(15)10-26/h5-7,9,13,17,20H,4,8,29H2,1-3H3/t13?,17-,20+/m0/s1. The average molecular weight is 392 g/mol. The van der Waals surface area contributed by atoms with Crippen molar-refractivity contribution in [2.75, 3.05) is 0 Å². The Hall–Kier alpha value is -3.17. The molecule has 0 saturated heterocycles. The van der Waals surface area contributed by atoms with Gasteiger partial charge in [-0.3, -0.25) is 0 Å². The second-order valence-electron chi connectivity index (χ2n) is 8.88. The molecule has 2 aliphatic carbocycles. The Morgan fingerprint density at radius 2 is 1.79 bits per heavy atom. The minimum Gasteiger partial charge on any atom is -0.399 e. The number of nitrogens with two attached hydrogens (primary N) is 1. The van der Waals surface area contributed by atoms with Crippen LogP contribution in [0.25, 0.3) is 0 Å². The molecule has 6 heteroatoms. The van der Waals surface area contributed by atoms with E-state index in [-0.39, 0.29) is 28.2 Å². The van der Waals surface area contributed by atoms with Gasteiger partial charge in [-0.25, -0.2) is 8.78 Å². The second-order valence-corrected chi connectivity index (χ2v) is 8.88. The fourth-order valence-electron chi connectivity index (χ4n) is 4.70. The summed E-state index contributed by atoms with van der Waals surface area (Å²) in [5.41, 5.74) is 4.92. The molecule has 1 aromatic carbocycles. The van der Waals surface area contributed by atoms with Crippen LogP contribution in [0.3, 0.4) is 0 Å². The summed E-state index contributed by atoms with van der Waals surface area (Å²) in [6, 6.07) is 9.15. The monoisotopic (exact) mass is 392 g/mol. The van der Waals surface area contributed by atoms with Crippen molar-refractivity contribution in [3.05, 3.63) is 58.3 Å². The number of hydrogen-bond donors (Lipinski definition) is 1. The molecular weight excluding hydrogens is 370 g/mol. The Balaban J connectivity index is 2.34. The lowest BCUT2D eigenvalue weighted by molar-refractivity contribution is 0.169. The molecule has 0 spiro atoms. The van der Waals surface area contributed by atoms with Gasteiger partial charge in [-0.1, -0.05) is 32.9 Å². The van der Waals surface area contributed by atoms with Gasteiger partial charge in [-0.2, -0.15) is 15.8 Å². The molecule has 148 valence electrons. The molecule has 2 aliphatic rings. The Labute approximate surface area is 169 Å². The highest BCUT2D eigenvalue weighted by Crippen LogP contribution is 2.58. The van der Waals surface area contributed by atoms with Crippen molar-refractivity contribution in [2.24, 2.45) is 28.4 Å². The van der Waals surface area contributed by atoms with Gasteiger partial charge in [0.2, 0.25) is 0 Å². The molecule has 0 aromatic heterocycles. The van der Waals surface area contributed by atoms with Crippen LogP contribution in [0.4, 0.5) is 8.78 Å². The van der Waals surface area contributed by atoms with Crippen LogP contribution in [0.5, 0.6) is 0 Å². The summed E-state index contributed by atoms with van der Waals surface area (Å²) < 4.78 is 28.4. The predicted octanol–water partition coefficient (Wildman–Crippen LogP) is 4.83. The lowest BCUT2D eigenvalue weighted by Gasteiger charge is -2.47. The van der Waals surface area contributed by atoms with Crippen molar-refractivity contribution in [3.8, 4) is 18.2 Å². The number of nitriles is 3. The maximum atomic E-state index is 14.8. The molecule has 1 unspecified atom stereocenters. The van der Waals surface area contributed by atoms with Crippen LogP contribution >= 0.6 is 0 Å². The van der Waals surface area contributed by atoms with Crippen LogP contribution in [0.15, 0.2) is 41.1 Å². The number of benzene rings is 1. The summed E-state index contributed by atoms with van der Waals surface area (Å²) in [4.78, 5) is 0. The summed E-state index contributed by atoms with van der Waals surface area (Å²) in [5.74, 6) is -2.75. The van der Waals surface area contributed by atoms with Crippen LogP contribution in [0.2, 0.25) is 0 Å². The summed E-state index contributed by atoms with van der Waals surface area (Å²) in [6.45, 7) is 6.30. The van der Waals surface area contributed by atoms with Crippen molar-refractivity contribution >= 4 is 0 Å². The Kier molecular flexibility index (Phi) is 4.97. The number of nitrogens with zero attached hydrogens (tertiary/aromatic N) is 3. The van der Waals surface area contributed by atoms with Crippen LogP contribution in [0.1, 0.15) is 45.1 Å². The molecule has 3 atom stereocenters. The maximum absolute atomic E-state index is 14.8. The highest BCUT2D eigenvalue weighted by atomic mass is 19.1. The van der Waals surface area contributed by atoms with Gasteiger partial charge < -0.3 is 5.73 Å². The molecule has 3 rings (SSSR count). The quantitative estimate of drug-likeness (QED) is 0.740. The molecule has 0 fully saturated rings. The highest BCUT2D eigenvalue weighted by Gasteiger charge is 2.55. The fraction of sp³-hybridized carbons (Fsp3) is 0.435. The fourth-order valence-corrected chi connectivity index (χ4v) is 4.70. The minimum atomic E-state index is -1.91. The van der Waals surface area contributed by atoms with Crippen molar-refractivity contribution in [3.63, 3.8) is 0 Å². The Morgan fingerprint density at radius 3 is 2.31 bits per heavy atom. The SMILES string of the molecule is CC(C)(C)C1CC=C2C(C#N)=C(N)C(C#N)(C#N)[C@H](c3ccc(F)cc3F)[C@H]2C1. The number of rotatable bonds is 1. The molecular formula is C23H22F2N4. The highest BCUT2D eigenvalue weighted by molar-refractivity contribution is 5.59. The first-order valence-corrected chi connectivity index (χ1v) is 9.49. The van der Waals surface area contributed by atoms with E-state index in [4.69, 9.17) is 5.73 Å². The molecule has 0 bridgehead atoms. The lowest BCUT2D eigenvalue weighted by Crippen LogP contribution is -2.44. The first kappa shape index (κ1) is 20.6. The third kappa shape index (κ3) is 3.08. The molecule has 4 nitrogen and oxygen atoms in total. The van der Waals surface area contributed by atoms with Crippen LogP contribution < -0.4 is 5.73 Å².